The Hall–Kier alpha value is -3.19. The molecule has 1 amide bonds. The first kappa shape index (κ1) is 20.1. The number of para-hydroxylation sites is 1. The van der Waals surface area contributed by atoms with Gasteiger partial charge in [-0.3, -0.25) is 4.79 Å². The van der Waals surface area contributed by atoms with Gasteiger partial charge in [0.05, 0.1) is 31.7 Å². The van der Waals surface area contributed by atoms with Gasteiger partial charge < -0.3 is 18.9 Å². The Morgan fingerprint density at radius 2 is 2.03 bits per heavy atom. The van der Waals surface area contributed by atoms with Crippen LogP contribution in [0.4, 0.5) is 0 Å². The number of aromatic nitrogens is 2. The van der Waals surface area contributed by atoms with Crippen LogP contribution in [0.5, 0.6) is 5.75 Å². The van der Waals surface area contributed by atoms with E-state index in [0.29, 0.717) is 50.0 Å². The molecule has 30 heavy (non-hydrogen) atoms. The number of carbonyl (C=O) groups is 1. The molecule has 7 heteroatoms. The number of likely N-dealkylation sites (tertiary alicyclic amines) is 1. The molecule has 4 rings (SSSR count). The molecule has 0 N–H and O–H groups in total. The highest BCUT2D eigenvalue weighted by Crippen LogP contribution is 2.30. The fourth-order valence-electron chi connectivity index (χ4n) is 3.41. The normalized spacial score (nSPS) is 13.9. The van der Waals surface area contributed by atoms with Crippen LogP contribution >= 0.6 is 0 Å². The van der Waals surface area contributed by atoms with E-state index < -0.39 is 0 Å². The average molecular weight is 407 g/mol. The topological polar surface area (TPSA) is 77.7 Å². The summed E-state index contributed by atoms with van der Waals surface area (Å²) in [5.41, 5.74) is 2.95. The maximum atomic E-state index is 12.5. The largest absolute Gasteiger partial charge is 0.486 e. The Kier molecular flexibility index (Phi) is 6.09. The molecule has 7 nitrogen and oxygen atoms in total. The third-order valence-corrected chi connectivity index (χ3v) is 5.05. The molecule has 0 saturated carbocycles. The number of benzene rings is 2. The van der Waals surface area contributed by atoms with Crippen LogP contribution in [-0.4, -0.2) is 53.9 Å². The molecule has 2 aromatic carbocycles. The van der Waals surface area contributed by atoms with Gasteiger partial charge in [0.1, 0.15) is 11.9 Å². The highest BCUT2D eigenvalue weighted by Gasteiger charge is 2.32. The van der Waals surface area contributed by atoms with Gasteiger partial charge in [0, 0.05) is 13.5 Å². The van der Waals surface area contributed by atoms with Gasteiger partial charge in [-0.05, 0) is 24.6 Å². The lowest BCUT2D eigenvalue weighted by molar-refractivity contribution is -0.139. The summed E-state index contributed by atoms with van der Waals surface area (Å²) in [6, 6.07) is 15.6. The molecule has 0 spiro atoms. The molecule has 0 atom stereocenters. The van der Waals surface area contributed by atoms with Crippen molar-refractivity contribution in [2.75, 3.05) is 26.8 Å². The molecule has 0 aliphatic carbocycles. The van der Waals surface area contributed by atoms with Gasteiger partial charge in [-0.2, -0.15) is 4.98 Å². The Morgan fingerprint density at radius 3 is 2.83 bits per heavy atom. The highest BCUT2D eigenvalue weighted by atomic mass is 16.5. The number of carbonyl (C=O) groups excluding carboxylic acids is 1. The molecular weight excluding hydrogens is 382 g/mol. The van der Waals surface area contributed by atoms with Crippen molar-refractivity contribution in [2.45, 2.75) is 25.9 Å². The van der Waals surface area contributed by atoms with Gasteiger partial charge >= 0.3 is 0 Å². The maximum absolute atomic E-state index is 12.5. The number of ether oxygens (including phenoxy) is 2. The van der Waals surface area contributed by atoms with E-state index in [-0.39, 0.29) is 12.0 Å². The lowest BCUT2D eigenvalue weighted by Crippen LogP contribution is -2.56. The fourth-order valence-corrected chi connectivity index (χ4v) is 3.41. The second-order valence-corrected chi connectivity index (χ2v) is 7.46. The van der Waals surface area contributed by atoms with Gasteiger partial charge in [-0.25, -0.2) is 0 Å². The van der Waals surface area contributed by atoms with Crippen LogP contribution < -0.4 is 4.74 Å². The van der Waals surface area contributed by atoms with Crippen LogP contribution in [-0.2, 0) is 22.4 Å². The molecule has 0 bridgehead atoms. The molecule has 156 valence electrons. The monoisotopic (exact) mass is 407 g/mol. The third-order valence-electron chi connectivity index (χ3n) is 5.05. The Balaban J connectivity index is 1.35. The number of rotatable bonds is 8. The van der Waals surface area contributed by atoms with E-state index in [1.165, 1.54) is 0 Å². The maximum Gasteiger partial charge on any atom is 0.261 e. The van der Waals surface area contributed by atoms with Gasteiger partial charge in [-0.15, -0.1) is 0 Å². The smallest absolute Gasteiger partial charge is 0.261 e. The lowest BCUT2D eigenvalue weighted by Gasteiger charge is -2.39. The summed E-state index contributed by atoms with van der Waals surface area (Å²) < 4.78 is 16.6. The number of nitrogens with zero attached hydrogens (tertiary/aromatic N) is 3. The quantitative estimate of drug-likeness (QED) is 0.571. The van der Waals surface area contributed by atoms with E-state index in [2.05, 4.69) is 10.1 Å². The summed E-state index contributed by atoms with van der Waals surface area (Å²) in [4.78, 5) is 18.8. The van der Waals surface area contributed by atoms with E-state index in [9.17, 15) is 4.79 Å². The number of amides is 1. The molecule has 1 saturated heterocycles. The Bertz CT molecular complexity index is 1010. The average Bonchev–Trinajstić information content (AvgIpc) is 3.17. The number of hydrogen-bond acceptors (Lipinski definition) is 6. The van der Waals surface area contributed by atoms with Crippen molar-refractivity contribution in [3.63, 3.8) is 0 Å². The van der Waals surface area contributed by atoms with Crippen molar-refractivity contribution in [2.24, 2.45) is 0 Å². The predicted octanol–water partition coefficient (Wildman–Crippen LogP) is 3.07. The minimum Gasteiger partial charge on any atom is -0.486 e. The summed E-state index contributed by atoms with van der Waals surface area (Å²) in [5.74, 6) is 1.81. The van der Waals surface area contributed by atoms with Crippen molar-refractivity contribution in [1.82, 2.24) is 15.0 Å². The first-order valence-electron chi connectivity index (χ1n) is 10.0. The second kappa shape index (κ2) is 9.09. The molecule has 0 unspecified atom stereocenters. The van der Waals surface area contributed by atoms with Crippen molar-refractivity contribution in [3.8, 4) is 17.2 Å². The van der Waals surface area contributed by atoms with Crippen molar-refractivity contribution in [3.05, 3.63) is 65.5 Å². The van der Waals surface area contributed by atoms with Gasteiger partial charge in [0.25, 0.3) is 5.89 Å². The summed E-state index contributed by atoms with van der Waals surface area (Å²) in [6.45, 7) is 3.71. The highest BCUT2D eigenvalue weighted by molar-refractivity contribution is 5.79. The van der Waals surface area contributed by atoms with Gasteiger partial charge in [0.15, 0.2) is 5.82 Å². The first-order chi connectivity index (χ1) is 14.6. The SMILES string of the molecule is COCCc1noc(-c2ccccc2OC2CN(C(=O)Cc3cccc(C)c3)C2)n1. The standard InChI is InChI=1S/C23H25N3O4/c1-16-6-5-7-17(12-16)13-22(27)26-14-18(15-26)29-20-9-4-3-8-19(20)23-24-21(25-30-23)10-11-28-2/h3-9,12,18H,10-11,13-15H2,1-2H3. The van der Waals surface area contributed by atoms with Crippen molar-refractivity contribution in [1.29, 1.82) is 0 Å². The Morgan fingerprint density at radius 1 is 1.20 bits per heavy atom. The molecule has 2 heterocycles. The van der Waals surface area contributed by atoms with Gasteiger partial charge in [0.2, 0.25) is 5.91 Å². The zero-order valence-electron chi connectivity index (χ0n) is 17.2. The zero-order valence-corrected chi connectivity index (χ0v) is 17.2. The molecule has 1 aliphatic rings. The van der Waals surface area contributed by atoms with E-state index in [4.69, 9.17) is 14.0 Å². The lowest BCUT2D eigenvalue weighted by atomic mass is 10.1. The minimum atomic E-state index is -0.0523. The van der Waals surface area contributed by atoms with Crippen LogP contribution in [0.3, 0.4) is 0 Å². The summed E-state index contributed by atoms with van der Waals surface area (Å²) in [5, 5.41) is 3.99. The van der Waals surface area contributed by atoms with E-state index in [0.717, 1.165) is 16.7 Å². The van der Waals surface area contributed by atoms with E-state index in [1.807, 2.05) is 60.4 Å². The summed E-state index contributed by atoms with van der Waals surface area (Å²) in [7, 11) is 1.64. The molecule has 3 aromatic rings. The zero-order chi connectivity index (χ0) is 20.9. The molecule has 0 radical (unpaired) electrons. The van der Waals surface area contributed by atoms with Crippen LogP contribution in [0.1, 0.15) is 17.0 Å². The predicted molar refractivity (Wildman–Crippen MR) is 111 cm³/mol. The van der Waals surface area contributed by atoms with Crippen molar-refractivity contribution < 1.29 is 18.8 Å². The van der Waals surface area contributed by atoms with Crippen LogP contribution in [0.25, 0.3) is 11.5 Å². The molecule has 1 aliphatic heterocycles. The van der Waals surface area contributed by atoms with Crippen LogP contribution in [0.2, 0.25) is 0 Å². The van der Waals surface area contributed by atoms with Crippen LogP contribution in [0.15, 0.2) is 53.1 Å². The Labute approximate surface area is 175 Å². The fraction of sp³-hybridized carbons (Fsp3) is 0.348. The van der Waals surface area contributed by atoms with Crippen molar-refractivity contribution >= 4 is 5.91 Å². The summed E-state index contributed by atoms with van der Waals surface area (Å²) in [6.07, 6.45) is 0.949. The minimum absolute atomic E-state index is 0.0523. The number of aryl methyl sites for hydroxylation is 1. The molecule has 1 fully saturated rings. The van der Waals surface area contributed by atoms with E-state index in [1.54, 1.807) is 7.11 Å². The molecular formula is C23H25N3O4. The summed E-state index contributed by atoms with van der Waals surface area (Å²) >= 11 is 0. The van der Waals surface area contributed by atoms with E-state index >= 15 is 0 Å². The molecule has 1 aromatic heterocycles. The second-order valence-electron chi connectivity index (χ2n) is 7.46. The number of hydrogen-bond donors (Lipinski definition) is 0. The first-order valence-corrected chi connectivity index (χ1v) is 10.0. The van der Waals surface area contributed by atoms with Gasteiger partial charge in [-0.1, -0.05) is 47.1 Å². The number of methoxy groups -OCH3 is 1. The van der Waals surface area contributed by atoms with Crippen LogP contribution in [0, 0.1) is 6.92 Å². The third kappa shape index (κ3) is 4.68.